The lowest BCUT2D eigenvalue weighted by Crippen LogP contribution is -2.33. The summed E-state index contributed by atoms with van der Waals surface area (Å²) in [6.45, 7) is 2.63. The Labute approximate surface area is 94.4 Å². The van der Waals surface area contributed by atoms with E-state index >= 15 is 0 Å². The van der Waals surface area contributed by atoms with Crippen molar-refractivity contribution >= 4 is 11.6 Å². The van der Waals surface area contributed by atoms with E-state index in [-0.39, 0.29) is 18.2 Å². The van der Waals surface area contributed by atoms with E-state index in [0.29, 0.717) is 18.6 Å². The first kappa shape index (κ1) is 11.0. The van der Waals surface area contributed by atoms with Crippen LogP contribution in [-0.4, -0.2) is 24.8 Å². The van der Waals surface area contributed by atoms with E-state index in [1.54, 1.807) is 12.1 Å². The van der Waals surface area contributed by atoms with Gasteiger partial charge in [-0.1, -0.05) is 29.8 Å². The molecule has 1 saturated heterocycles. The number of carbonyl (C=O) groups is 2. The molecule has 0 N–H and O–H groups in total. The summed E-state index contributed by atoms with van der Waals surface area (Å²) in [6.07, 6.45) is 0.349. The van der Waals surface area contributed by atoms with E-state index in [1.165, 1.54) is 0 Å². The predicted octanol–water partition coefficient (Wildman–Crippen LogP) is 1.78. The monoisotopic (exact) mass is 218 g/mol. The number of benzene rings is 1. The molecule has 16 heavy (non-hydrogen) atoms. The van der Waals surface area contributed by atoms with Gasteiger partial charge < -0.3 is 4.74 Å². The molecule has 3 nitrogen and oxygen atoms in total. The molecule has 0 radical (unpaired) electrons. The Balaban J connectivity index is 2.17. The molecule has 1 aromatic rings. The highest BCUT2D eigenvalue weighted by Crippen LogP contribution is 2.16. The van der Waals surface area contributed by atoms with Gasteiger partial charge in [0.15, 0.2) is 5.78 Å². The highest BCUT2D eigenvalue weighted by molar-refractivity contribution is 6.11. The van der Waals surface area contributed by atoms with E-state index in [4.69, 9.17) is 4.74 Å². The highest BCUT2D eigenvalue weighted by atomic mass is 16.5. The number of ether oxygens (including phenoxy) is 1. The Hall–Kier alpha value is -1.48. The van der Waals surface area contributed by atoms with Crippen LogP contribution in [0.4, 0.5) is 0 Å². The van der Waals surface area contributed by atoms with Crippen molar-refractivity contribution in [3.05, 3.63) is 35.4 Å². The van der Waals surface area contributed by atoms with Crippen molar-refractivity contribution in [2.45, 2.75) is 13.3 Å². The van der Waals surface area contributed by atoms with Gasteiger partial charge in [-0.05, 0) is 6.92 Å². The van der Waals surface area contributed by atoms with Gasteiger partial charge in [0.05, 0.1) is 13.2 Å². The summed E-state index contributed by atoms with van der Waals surface area (Å²) >= 11 is 0. The van der Waals surface area contributed by atoms with Crippen LogP contribution in [0.5, 0.6) is 0 Å². The van der Waals surface area contributed by atoms with E-state index in [0.717, 1.165) is 5.56 Å². The Morgan fingerprint density at radius 3 is 2.62 bits per heavy atom. The molecule has 1 atom stereocenters. The Morgan fingerprint density at radius 1 is 1.31 bits per heavy atom. The average molecular weight is 218 g/mol. The van der Waals surface area contributed by atoms with Crippen molar-refractivity contribution < 1.29 is 14.3 Å². The number of Topliss-reactive ketones (excluding diaryl/α,β-unsaturated/α-hetero) is 2. The molecule has 1 aromatic carbocycles. The van der Waals surface area contributed by atoms with E-state index in [9.17, 15) is 9.59 Å². The van der Waals surface area contributed by atoms with Crippen LogP contribution in [0.3, 0.4) is 0 Å². The third-order valence-electron chi connectivity index (χ3n) is 2.82. The minimum Gasteiger partial charge on any atom is -0.380 e. The van der Waals surface area contributed by atoms with Crippen LogP contribution < -0.4 is 0 Å². The maximum atomic E-state index is 12.0. The van der Waals surface area contributed by atoms with Gasteiger partial charge in [-0.3, -0.25) is 9.59 Å². The van der Waals surface area contributed by atoms with Crippen molar-refractivity contribution in [1.29, 1.82) is 0 Å². The zero-order valence-electron chi connectivity index (χ0n) is 9.23. The fraction of sp³-hybridized carbons (Fsp3) is 0.385. The van der Waals surface area contributed by atoms with Crippen molar-refractivity contribution in [2.75, 3.05) is 13.2 Å². The molecule has 0 aromatic heterocycles. The summed E-state index contributed by atoms with van der Waals surface area (Å²) in [5.41, 5.74) is 1.69. The van der Waals surface area contributed by atoms with Crippen LogP contribution in [-0.2, 0) is 9.53 Å². The normalized spacial score (nSPS) is 20.8. The number of aryl methyl sites for hydroxylation is 1. The lowest BCUT2D eigenvalue weighted by molar-refractivity contribution is -0.128. The Bertz CT molecular complexity index is 406. The maximum Gasteiger partial charge on any atom is 0.175 e. The van der Waals surface area contributed by atoms with Crippen LogP contribution in [0.2, 0.25) is 0 Å². The molecule has 2 rings (SSSR count). The largest absolute Gasteiger partial charge is 0.380 e. The third kappa shape index (κ3) is 2.19. The lowest BCUT2D eigenvalue weighted by Gasteiger charge is -2.19. The topological polar surface area (TPSA) is 43.4 Å². The standard InChI is InChI=1S/C13H14O3/c1-9-2-4-10(5-3-9)13(15)11-8-16-7-6-12(11)14/h2-5,11H,6-8H2,1H3. The lowest BCUT2D eigenvalue weighted by atomic mass is 9.91. The van der Waals surface area contributed by atoms with Crippen molar-refractivity contribution in [2.24, 2.45) is 5.92 Å². The second kappa shape index (κ2) is 4.58. The minimum atomic E-state index is -0.601. The van der Waals surface area contributed by atoms with Gasteiger partial charge in [-0.2, -0.15) is 0 Å². The molecule has 1 aliphatic heterocycles. The molecule has 0 amide bonds. The zero-order valence-corrected chi connectivity index (χ0v) is 9.23. The van der Waals surface area contributed by atoms with Crippen LogP contribution in [0.15, 0.2) is 24.3 Å². The molecule has 1 unspecified atom stereocenters. The number of carbonyl (C=O) groups excluding carboxylic acids is 2. The zero-order chi connectivity index (χ0) is 11.5. The molecule has 0 saturated carbocycles. The number of rotatable bonds is 2. The van der Waals surface area contributed by atoms with Crippen molar-refractivity contribution in [3.8, 4) is 0 Å². The van der Waals surface area contributed by atoms with Gasteiger partial charge in [0.1, 0.15) is 11.7 Å². The van der Waals surface area contributed by atoms with Crippen LogP contribution in [0.25, 0.3) is 0 Å². The fourth-order valence-corrected chi connectivity index (χ4v) is 1.78. The molecular formula is C13H14O3. The Morgan fingerprint density at radius 2 is 2.00 bits per heavy atom. The maximum absolute atomic E-state index is 12.0. The molecule has 3 heteroatoms. The van der Waals surface area contributed by atoms with Gasteiger partial charge in [0.2, 0.25) is 0 Å². The summed E-state index contributed by atoms with van der Waals surface area (Å²) in [4.78, 5) is 23.6. The first-order chi connectivity index (χ1) is 7.68. The average Bonchev–Trinajstić information content (AvgIpc) is 2.30. The molecule has 1 heterocycles. The van der Waals surface area contributed by atoms with Gasteiger partial charge in [-0.15, -0.1) is 0 Å². The molecule has 0 bridgehead atoms. The Kier molecular flexibility index (Phi) is 3.15. The van der Waals surface area contributed by atoms with E-state index < -0.39 is 5.92 Å². The number of hydrogen-bond acceptors (Lipinski definition) is 3. The third-order valence-corrected chi connectivity index (χ3v) is 2.82. The molecule has 1 aliphatic rings. The van der Waals surface area contributed by atoms with E-state index in [2.05, 4.69) is 0 Å². The second-order valence-electron chi connectivity index (χ2n) is 4.07. The quantitative estimate of drug-likeness (QED) is 0.561. The van der Waals surface area contributed by atoms with Gasteiger partial charge in [0.25, 0.3) is 0 Å². The summed E-state index contributed by atoms with van der Waals surface area (Å²) in [5.74, 6) is -0.724. The molecule has 1 fully saturated rings. The van der Waals surface area contributed by atoms with Crippen LogP contribution >= 0.6 is 0 Å². The van der Waals surface area contributed by atoms with Crippen LogP contribution in [0, 0.1) is 12.8 Å². The highest BCUT2D eigenvalue weighted by Gasteiger charge is 2.30. The summed E-state index contributed by atoms with van der Waals surface area (Å²) in [6, 6.07) is 7.28. The number of hydrogen-bond donors (Lipinski definition) is 0. The smallest absolute Gasteiger partial charge is 0.175 e. The minimum absolute atomic E-state index is 0.00294. The summed E-state index contributed by atoms with van der Waals surface area (Å²) in [7, 11) is 0. The first-order valence-electron chi connectivity index (χ1n) is 5.40. The fourth-order valence-electron chi connectivity index (χ4n) is 1.78. The summed E-state index contributed by atoms with van der Waals surface area (Å²) in [5, 5.41) is 0. The SMILES string of the molecule is Cc1ccc(C(=O)C2COCCC2=O)cc1. The van der Waals surface area contributed by atoms with Crippen molar-refractivity contribution in [3.63, 3.8) is 0 Å². The van der Waals surface area contributed by atoms with Crippen LogP contribution in [0.1, 0.15) is 22.3 Å². The molecule has 84 valence electrons. The molecule has 0 spiro atoms. The van der Waals surface area contributed by atoms with E-state index in [1.807, 2.05) is 19.1 Å². The predicted molar refractivity (Wildman–Crippen MR) is 59.4 cm³/mol. The number of ketones is 2. The molecular weight excluding hydrogens is 204 g/mol. The van der Waals surface area contributed by atoms with Crippen molar-refractivity contribution in [1.82, 2.24) is 0 Å². The summed E-state index contributed by atoms with van der Waals surface area (Å²) < 4.78 is 5.18. The van der Waals surface area contributed by atoms with Gasteiger partial charge in [-0.25, -0.2) is 0 Å². The first-order valence-corrected chi connectivity index (χ1v) is 5.40. The van der Waals surface area contributed by atoms with Gasteiger partial charge >= 0.3 is 0 Å². The second-order valence-corrected chi connectivity index (χ2v) is 4.07. The molecule has 0 aliphatic carbocycles. The van der Waals surface area contributed by atoms with Gasteiger partial charge in [0, 0.05) is 12.0 Å².